The van der Waals surface area contributed by atoms with Gasteiger partial charge in [0.05, 0.1) is 24.8 Å². The standard InChI is InChI=1S/C13H14ClN3O3/c1-18-9-6-7(5-8(14)10(9)19-2)11-16-12(20-17-11)13(15)3-4-13/h5-6H,3-4,15H2,1-2H3. The number of hydrogen-bond donors (Lipinski definition) is 1. The second kappa shape index (κ2) is 4.64. The van der Waals surface area contributed by atoms with Gasteiger partial charge in [0.15, 0.2) is 11.5 Å². The van der Waals surface area contributed by atoms with E-state index >= 15 is 0 Å². The van der Waals surface area contributed by atoms with E-state index in [0.29, 0.717) is 33.8 Å². The van der Waals surface area contributed by atoms with Gasteiger partial charge in [-0.2, -0.15) is 4.98 Å². The zero-order chi connectivity index (χ0) is 14.3. The van der Waals surface area contributed by atoms with Crippen LogP contribution in [0.5, 0.6) is 11.5 Å². The predicted molar refractivity (Wildman–Crippen MR) is 72.9 cm³/mol. The van der Waals surface area contributed by atoms with Crippen molar-refractivity contribution >= 4 is 11.6 Å². The summed E-state index contributed by atoms with van der Waals surface area (Å²) in [7, 11) is 3.07. The summed E-state index contributed by atoms with van der Waals surface area (Å²) in [4.78, 5) is 4.33. The van der Waals surface area contributed by atoms with E-state index in [-0.39, 0.29) is 0 Å². The molecule has 0 bridgehead atoms. The summed E-state index contributed by atoms with van der Waals surface area (Å²) >= 11 is 6.16. The van der Waals surface area contributed by atoms with E-state index in [1.54, 1.807) is 19.2 Å². The highest BCUT2D eigenvalue weighted by Crippen LogP contribution is 2.43. The second-order valence-electron chi connectivity index (χ2n) is 4.77. The third-order valence-electron chi connectivity index (χ3n) is 3.33. The third kappa shape index (κ3) is 2.10. The van der Waals surface area contributed by atoms with Crippen LogP contribution in [0.15, 0.2) is 16.7 Å². The van der Waals surface area contributed by atoms with Crippen molar-refractivity contribution in [2.24, 2.45) is 5.73 Å². The van der Waals surface area contributed by atoms with Crippen LogP contribution < -0.4 is 15.2 Å². The molecule has 1 aromatic heterocycles. The highest BCUT2D eigenvalue weighted by Gasteiger charge is 2.45. The Morgan fingerprint density at radius 3 is 2.65 bits per heavy atom. The molecule has 0 unspecified atom stereocenters. The number of nitrogens with zero attached hydrogens (tertiary/aromatic N) is 2. The number of nitrogens with two attached hydrogens (primary N) is 1. The quantitative estimate of drug-likeness (QED) is 0.932. The van der Waals surface area contributed by atoms with Crippen LogP contribution in [0.25, 0.3) is 11.4 Å². The fourth-order valence-electron chi connectivity index (χ4n) is 1.94. The molecule has 2 aromatic rings. The first kappa shape index (κ1) is 13.2. The normalized spacial score (nSPS) is 16.0. The molecule has 1 aliphatic carbocycles. The molecule has 1 aromatic carbocycles. The number of ether oxygens (including phenoxy) is 2. The molecule has 0 amide bonds. The number of methoxy groups -OCH3 is 2. The van der Waals surface area contributed by atoms with Crippen LogP contribution in [0.2, 0.25) is 5.02 Å². The van der Waals surface area contributed by atoms with E-state index in [1.807, 2.05) is 0 Å². The zero-order valence-corrected chi connectivity index (χ0v) is 11.9. The average Bonchev–Trinajstić information content (AvgIpc) is 3.01. The van der Waals surface area contributed by atoms with Gasteiger partial charge >= 0.3 is 0 Å². The molecule has 6 nitrogen and oxygen atoms in total. The van der Waals surface area contributed by atoms with Gasteiger partial charge in [-0.15, -0.1) is 0 Å². The van der Waals surface area contributed by atoms with Gasteiger partial charge < -0.3 is 19.7 Å². The Morgan fingerprint density at radius 2 is 2.05 bits per heavy atom. The van der Waals surface area contributed by atoms with Crippen LogP contribution in [-0.2, 0) is 5.54 Å². The minimum atomic E-state index is -0.453. The maximum absolute atomic E-state index is 6.16. The van der Waals surface area contributed by atoms with Crippen LogP contribution in [0.3, 0.4) is 0 Å². The summed E-state index contributed by atoms with van der Waals surface area (Å²) in [6.07, 6.45) is 1.72. The van der Waals surface area contributed by atoms with E-state index in [4.69, 9.17) is 31.3 Å². The maximum atomic E-state index is 6.16. The van der Waals surface area contributed by atoms with Gasteiger partial charge in [-0.25, -0.2) is 0 Å². The Kier molecular flexibility index (Phi) is 3.07. The van der Waals surface area contributed by atoms with Gasteiger partial charge in [0.1, 0.15) is 0 Å². The van der Waals surface area contributed by atoms with E-state index < -0.39 is 5.54 Å². The molecule has 20 heavy (non-hydrogen) atoms. The predicted octanol–water partition coefficient (Wildman–Crippen LogP) is 2.36. The first-order valence-electron chi connectivity index (χ1n) is 6.12. The smallest absolute Gasteiger partial charge is 0.247 e. The molecule has 0 saturated heterocycles. The molecular formula is C13H14ClN3O3. The molecule has 3 rings (SSSR count). The van der Waals surface area contributed by atoms with Gasteiger partial charge in [-0.1, -0.05) is 16.8 Å². The highest BCUT2D eigenvalue weighted by atomic mass is 35.5. The van der Waals surface area contributed by atoms with Gasteiger partial charge in [0.2, 0.25) is 11.7 Å². The van der Waals surface area contributed by atoms with Crippen molar-refractivity contribution in [2.75, 3.05) is 14.2 Å². The van der Waals surface area contributed by atoms with Crippen molar-refractivity contribution in [3.05, 3.63) is 23.0 Å². The Hall–Kier alpha value is -1.79. The highest BCUT2D eigenvalue weighted by molar-refractivity contribution is 6.32. The van der Waals surface area contributed by atoms with Gasteiger partial charge in [0.25, 0.3) is 0 Å². The van der Waals surface area contributed by atoms with Gasteiger partial charge in [0, 0.05) is 5.56 Å². The third-order valence-corrected chi connectivity index (χ3v) is 3.61. The molecule has 7 heteroatoms. The van der Waals surface area contributed by atoms with E-state index in [0.717, 1.165) is 12.8 Å². The number of halogens is 1. The lowest BCUT2D eigenvalue weighted by Gasteiger charge is -2.10. The summed E-state index contributed by atoms with van der Waals surface area (Å²) in [6, 6.07) is 3.45. The van der Waals surface area contributed by atoms with Crippen molar-refractivity contribution in [3.63, 3.8) is 0 Å². The first-order valence-corrected chi connectivity index (χ1v) is 6.50. The monoisotopic (exact) mass is 295 g/mol. The van der Waals surface area contributed by atoms with Crippen LogP contribution in [0.4, 0.5) is 0 Å². The Labute approximate surface area is 120 Å². The van der Waals surface area contributed by atoms with Crippen molar-refractivity contribution in [3.8, 4) is 22.9 Å². The van der Waals surface area contributed by atoms with Gasteiger partial charge in [-0.05, 0) is 25.0 Å². The fraction of sp³-hybridized carbons (Fsp3) is 0.385. The lowest BCUT2D eigenvalue weighted by Crippen LogP contribution is -2.18. The topological polar surface area (TPSA) is 83.4 Å². The molecule has 2 N–H and O–H groups in total. The summed E-state index contributed by atoms with van der Waals surface area (Å²) in [5.41, 5.74) is 6.26. The molecule has 106 valence electrons. The number of benzene rings is 1. The fourth-order valence-corrected chi connectivity index (χ4v) is 2.23. The lowest BCUT2D eigenvalue weighted by atomic mass is 10.2. The van der Waals surface area contributed by atoms with E-state index in [9.17, 15) is 0 Å². The van der Waals surface area contributed by atoms with Gasteiger partial charge in [-0.3, -0.25) is 0 Å². The number of aromatic nitrogens is 2. The largest absolute Gasteiger partial charge is 0.493 e. The molecule has 0 atom stereocenters. The molecule has 1 heterocycles. The molecule has 0 radical (unpaired) electrons. The molecule has 0 spiro atoms. The lowest BCUT2D eigenvalue weighted by molar-refractivity contribution is 0.348. The van der Waals surface area contributed by atoms with Crippen LogP contribution >= 0.6 is 11.6 Å². The molecule has 1 saturated carbocycles. The van der Waals surface area contributed by atoms with Crippen molar-refractivity contribution in [1.29, 1.82) is 0 Å². The van der Waals surface area contributed by atoms with Crippen LogP contribution in [-0.4, -0.2) is 24.4 Å². The summed E-state index contributed by atoms with van der Waals surface area (Å²) in [5, 5.41) is 4.36. The number of hydrogen-bond acceptors (Lipinski definition) is 6. The van der Waals surface area contributed by atoms with E-state index in [2.05, 4.69) is 10.1 Å². The molecule has 1 aliphatic rings. The average molecular weight is 296 g/mol. The second-order valence-corrected chi connectivity index (χ2v) is 5.18. The van der Waals surface area contributed by atoms with Crippen LogP contribution in [0.1, 0.15) is 18.7 Å². The molecule has 1 fully saturated rings. The minimum absolute atomic E-state index is 0.419. The SMILES string of the molecule is COc1cc(-c2noc(C3(N)CC3)n2)cc(Cl)c1OC. The zero-order valence-electron chi connectivity index (χ0n) is 11.1. The minimum Gasteiger partial charge on any atom is -0.493 e. The maximum Gasteiger partial charge on any atom is 0.247 e. The summed E-state index contributed by atoms with van der Waals surface area (Å²) in [6.45, 7) is 0. The first-order chi connectivity index (χ1) is 9.57. The van der Waals surface area contributed by atoms with E-state index in [1.165, 1.54) is 7.11 Å². The molecular weight excluding hydrogens is 282 g/mol. The van der Waals surface area contributed by atoms with Crippen molar-refractivity contribution in [1.82, 2.24) is 10.1 Å². The van der Waals surface area contributed by atoms with Crippen molar-refractivity contribution in [2.45, 2.75) is 18.4 Å². The summed E-state index contributed by atoms with van der Waals surface area (Å²) < 4.78 is 15.6. The Balaban J connectivity index is 2.01. The van der Waals surface area contributed by atoms with Crippen LogP contribution in [0, 0.1) is 0 Å². The summed E-state index contributed by atoms with van der Waals surface area (Å²) in [5.74, 6) is 1.87. The van der Waals surface area contributed by atoms with Crippen molar-refractivity contribution < 1.29 is 14.0 Å². The molecule has 0 aliphatic heterocycles. The Morgan fingerprint density at radius 1 is 1.30 bits per heavy atom. The number of rotatable bonds is 4. The Bertz CT molecular complexity index is 652.